The van der Waals surface area contributed by atoms with Gasteiger partial charge in [0.15, 0.2) is 5.82 Å². The summed E-state index contributed by atoms with van der Waals surface area (Å²) >= 11 is 3.35. The third-order valence-corrected chi connectivity index (χ3v) is 5.68. The molecule has 2 heterocycles. The summed E-state index contributed by atoms with van der Waals surface area (Å²) in [5.41, 5.74) is 0.740. The molecule has 9 heteroatoms. The number of anilines is 1. The second kappa shape index (κ2) is 8.51. The van der Waals surface area contributed by atoms with Crippen LogP contribution in [0.15, 0.2) is 63.1 Å². The fraction of sp³-hybridized carbons (Fsp3) is 0.174. The Morgan fingerprint density at radius 1 is 1.09 bits per heavy atom. The van der Waals surface area contributed by atoms with E-state index in [4.69, 9.17) is 14.0 Å². The van der Waals surface area contributed by atoms with E-state index < -0.39 is 17.7 Å². The summed E-state index contributed by atoms with van der Waals surface area (Å²) in [6.45, 7) is 1.68. The lowest BCUT2D eigenvalue weighted by molar-refractivity contribution is -0.132. The molecule has 1 N–H and O–H groups in total. The number of ketones is 1. The van der Waals surface area contributed by atoms with Crippen LogP contribution in [0.1, 0.15) is 22.9 Å². The van der Waals surface area contributed by atoms with Crippen LogP contribution in [0, 0.1) is 6.92 Å². The number of halogens is 1. The molecule has 0 unspecified atom stereocenters. The van der Waals surface area contributed by atoms with E-state index in [1.807, 2.05) is 0 Å². The largest absolute Gasteiger partial charge is 0.507 e. The zero-order chi connectivity index (χ0) is 23.0. The van der Waals surface area contributed by atoms with Gasteiger partial charge in [-0.05, 0) is 37.3 Å². The average molecular weight is 499 g/mol. The maximum atomic E-state index is 13.2. The van der Waals surface area contributed by atoms with Crippen molar-refractivity contribution in [3.8, 4) is 11.5 Å². The molecule has 1 aromatic heterocycles. The van der Waals surface area contributed by atoms with Crippen LogP contribution in [0.2, 0.25) is 0 Å². The van der Waals surface area contributed by atoms with Crippen molar-refractivity contribution in [1.82, 2.24) is 5.16 Å². The van der Waals surface area contributed by atoms with Crippen LogP contribution in [0.5, 0.6) is 11.5 Å². The first-order valence-electron chi connectivity index (χ1n) is 9.58. The maximum Gasteiger partial charge on any atom is 0.301 e. The molecule has 4 rings (SSSR count). The second-order valence-corrected chi connectivity index (χ2v) is 8.00. The number of amides is 1. The van der Waals surface area contributed by atoms with E-state index in [9.17, 15) is 14.7 Å². The molecule has 3 aromatic rings. The number of Topliss-reactive ketones (excluding diaryl/α,β-unsaturated/α-hetero) is 1. The molecule has 1 fully saturated rings. The first kappa shape index (κ1) is 21.6. The molecule has 1 aliphatic rings. The van der Waals surface area contributed by atoms with Crippen LogP contribution in [0.25, 0.3) is 5.76 Å². The number of aliphatic hydroxyl groups excluding tert-OH is 1. The van der Waals surface area contributed by atoms with Crippen LogP contribution < -0.4 is 14.4 Å². The summed E-state index contributed by atoms with van der Waals surface area (Å²) in [5.74, 6) is -0.488. The standard InChI is InChI=1S/C23H19BrN2O6/c1-12-10-18(25-32-12)26-20(16-11-15(30-2)8-9-17(16)31-3)19(22(28)23(26)29)21(27)13-4-6-14(24)7-5-13/h4-11,20,27H,1-3H3/t20-/m1/s1. The number of aliphatic hydroxyl groups is 1. The van der Waals surface area contributed by atoms with Gasteiger partial charge in [0.05, 0.1) is 19.8 Å². The number of carbonyl (C=O) groups excluding carboxylic acids is 2. The van der Waals surface area contributed by atoms with Gasteiger partial charge in [0, 0.05) is 21.7 Å². The Morgan fingerprint density at radius 2 is 1.81 bits per heavy atom. The number of hydrogen-bond donors (Lipinski definition) is 1. The van der Waals surface area contributed by atoms with Gasteiger partial charge in [-0.25, -0.2) is 0 Å². The van der Waals surface area contributed by atoms with Crippen LogP contribution in [-0.2, 0) is 9.59 Å². The van der Waals surface area contributed by atoms with Crippen molar-refractivity contribution >= 4 is 39.2 Å². The zero-order valence-corrected chi connectivity index (χ0v) is 19.0. The van der Waals surface area contributed by atoms with Crippen molar-refractivity contribution in [1.29, 1.82) is 0 Å². The molecular weight excluding hydrogens is 480 g/mol. The Labute approximate surface area is 192 Å². The predicted octanol–water partition coefficient (Wildman–Crippen LogP) is 4.39. The molecule has 0 aliphatic carbocycles. The van der Waals surface area contributed by atoms with Crippen LogP contribution in [-0.4, -0.2) is 36.2 Å². The molecular formula is C23H19BrN2O6. The van der Waals surface area contributed by atoms with Crippen molar-refractivity contribution < 1.29 is 28.7 Å². The molecule has 1 saturated heterocycles. The lowest BCUT2D eigenvalue weighted by atomic mass is 9.94. The Balaban J connectivity index is 2.00. The van der Waals surface area contributed by atoms with Crippen LogP contribution in [0.4, 0.5) is 5.82 Å². The minimum absolute atomic E-state index is 0.0930. The molecule has 0 bridgehead atoms. The highest BCUT2D eigenvalue weighted by molar-refractivity contribution is 9.10. The number of aromatic nitrogens is 1. The van der Waals surface area contributed by atoms with Gasteiger partial charge in [0.25, 0.3) is 5.78 Å². The molecule has 32 heavy (non-hydrogen) atoms. The molecule has 164 valence electrons. The second-order valence-electron chi connectivity index (χ2n) is 7.08. The van der Waals surface area contributed by atoms with E-state index >= 15 is 0 Å². The lowest BCUT2D eigenvalue weighted by Gasteiger charge is -2.24. The number of benzene rings is 2. The van der Waals surface area contributed by atoms with Gasteiger partial charge in [-0.15, -0.1) is 0 Å². The van der Waals surface area contributed by atoms with Crippen molar-refractivity contribution in [2.24, 2.45) is 0 Å². The summed E-state index contributed by atoms with van der Waals surface area (Å²) in [6, 6.07) is 12.3. The number of ether oxygens (including phenoxy) is 2. The van der Waals surface area contributed by atoms with Crippen LogP contribution in [0.3, 0.4) is 0 Å². The number of nitrogens with zero attached hydrogens (tertiary/aromatic N) is 2. The first-order chi connectivity index (χ1) is 15.3. The summed E-state index contributed by atoms with van der Waals surface area (Å²) < 4.78 is 16.8. The maximum absolute atomic E-state index is 13.2. The Hall–Kier alpha value is -3.59. The Bertz CT molecular complexity index is 1230. The number of carbonyl (C=O) groups is 2. The molecule has 0 spiro atoms. The first-order valence-corrected chi connectivity index (χ1v) is 10.4. The minimum Gasteiger partial charge on any atom is -0.507 e. The normalized spacial score (nSPS) is 17.6. The van der Waals surface area contributed by atoms with Gasteiger partial charge in [0.2, 0.25) is 0 Å². The predicted molar refractivity (Wildman–Crippen MR) is 120 cm³/mol. The highest BCUT2D eigenvalue weighted by Crippen LogP contribution is 2.45. The van der Waals surface area contributed by atoms with Crippen molar-refractivity contribution in [3.05, 3.63) is 75.5 Å². The molecule has 0 saturated carbocycles. The van der Waals surface area contributed by atoms with Crippen molar-refractivity contribution in [3.63, 3.8) is 0 Å². The highest BCUT2D eigenvalue weighted by Gasteiger charge is 2.49. The number of methoxy groups -OCH3 is 2. The van der Waals surface area contributed by atoms with E-state index in [0.717, 1.165) is 4.47 Å². The quantitative estimate of drug-likeness (QED) is 0.316. The topological polar surface area (TPSA) is 102 Å². The monoisotopic (exact) mass is 498 g/mol. The average Bonchev–Trinajstić information content (AvgIpc) is 3.33. The molecule has 0 radical (unpaired) electrons. The van der Waals surface area contributed by atoms with Gasteiger partial charge in [0.1, 0.15) is 29.1 Å². The minimum atomic E-state index is -1.02. The fourth-order valence-electron chi connectivity index (χ4n) is 3.65. The summed E-state index contributed by atoms with van der Waals surface area (Å²) in [7, 11) is 2.98. The molecule has 8 nitrogen and oxygen atoms in total. The molecule has 2 aromatic carbocycles. The lowest BCUT2D eigenvalue weighted by Crippen LogP contribution is -2.30. The van der Waals surface area contributed by atoms with E-state index in [-0.39, 0.29) is 17.2 Å². The van der Waals surface area contributed by atoms with Gasteiger partial charge in [-0.2, -0.15) is 0 Å². The molecule has 1 aliphatic heterocycles. The zero-order valence-electron chi connectivity index (χ0n) is 17.5. The van der Waals surface area contributed by atoms with E-state index in [0.29, 0.717) is 28.4 Å². The number of hydrogen-bond acceptors (Lipinski definition) is 7. The number of rotatable bonds is 5. The van der Waals surface area contributed by atoms with Gasteiger partial charge in [-0.1, -0.05) is 33.2 Å². The van der Waals surface area contributed by atoms with E-state index in [2.05, 4.69) is 21.1 Å². The Morgan fingerprint density at radius 3 is 2.41 bits per heavy atom. The fourth-order valence-corrected chi connectivity index (χ4v) is 3.91. The smallest absolute Gasteiger partial charge is 0.301 e. The third-order valence-electron chi connectivity index (χ3n) is 5.16. The van der Waals surface area contributed by atoms with Crippen LogP contribution >= 0.6 is 15.9 Å². The molecule has 1 atom stereocenters. The Kier molecular flexibility index (Phi) is 5.75. The van der Waals surface area contributed by atoms with E-state index in [1.165, 1.54) is 19.1 Å². The van der Waals surface area contributed by atoms with Gasteiger partial charge < -0.3 is 19.1 Å². The number of aryl methyl sites for hydroxylation is 1. The van der Waals surface area contributed by atoms with Gasteiger partial charge >= 0.3 is 5.91 Å². The summed E-state index contributed by atoms with van der Waals surface area (Å²) in [5, 5.41) is 15.1. The van der Waals surface area contributed by atoms with Crippen molar-refractivity contribution in [2.75, 3.05) is 19.1 Å². The van der Waals surface area contributed by atoms with Gasteiger partial charge in [-0.3, -0.25) is 14.5 Å². The SMILES string of the molecule is COc1ccc(OC)c([C@@H]2C(=C(O)c3ccc(Br)cc3)C(=O)C(=O)N2c2cc(C)on2)c1. The summed E-state index contributed by atoms with van der Waals surface area (Å²) in [4.78, 5) is 27.5. The van der Waals surface area contributed by atoms with E-state index in [1.54, 1.807) is 55.5 Å². The third kappa shape index (κ3) is 3.64. The van der Waals surface area contributed by atoms with Crippen molar-refractivity contribution in [2.45, 2.75) is 13.0 Å². The highest BCUT2D eigenvalue weighted by atomic mass is 79.9. The summed E-state index contributed by atoms with van der Waals surface area (Å²) in [6.07, 6.45) is 0. The molecule has 1 amide bonds.